The fourth-order valence-electron chi connectivity index (χ4n) is 1.69. The molecule has 0 atom stereocenters. The third-order valence-electron chi connectivity index (χ3n) is 2.70. The van der Waals surface area contributed by atoms with Crippen LogP contribution < -0.4 is 4.90 Å². The first kappa shape index (κ1) is 11.1. The van der Waals surface area contributed by atoms with E-state index >= 15 is 0 Å². The third kappa shape index (κ3) is 2.61. The molecule has 2 rings (SSSR count). The zero-order valence-electron chi connectivity index (χ0n) is 8.37. The average molecular weight is 291 g/mol. The Morgan fingerprint density at radius 3 is 2.53 bits per heavy atom. The fourth-order valence-corrected chi connectivity index (χ4v) is 2.17. The van der Waals surface area contributed by atoms with Crippen LogP contribution in [0.2, 0.25) is 5.02 Å². The van der Waals surface area contributed by atoms with Crippen LogP contribution in [0.5, 0.6) is 0 Å². The lowest BCUT2D eigenvalue weighted by molar-refractivity contribution is 0.387. The van der Waals surface area contributed by atoms with Crippen molar-refractivity contribution in [3.05, 3.63) is 17.4 Å². The van der Waals surface area contributed by atoms with Gasteiger partial charge in [0, 0.05) is 17.9 Å². The zero-order valence-corrected chi connectivity index (χ0v) is 10.7. The number of rotatable bonds is 4. The van der Waals surface area contributed by atoms with Crippen molar-refractivity contribution in [1.29, 1.82) is 0 Å². The molecule has 0 aromatic carbocycles. The van der Waals surface area contributed by atoms with Crippen LogP contribution in [-0.2, 0) is 0 Å². The second-order valence-electron chi connectivity index (χ2n) is 3.67. The molecule has 0 saturated heterocycles. The molecule has 1 aromatic rings. The van der Waals surface area contributed by atoms with Gasteiger partial charge in [0.2, 0.25) is 5.95 Å². The molecule has 82 valence electrons. The zero-order chi connectivity index (χ0) is 10.7. The summed E-state index contributed by atoms with van der Waals surface area (Å²) in [4.78, 5) is 10.8. The van der Waals surface area contributed by atoms with Gasteiger partial charge in [-0.15, -0.1) is 0 Å². The Bertz CT molecular complexity index is 313. The molecule has 1 aliphatic rings. The predicted octanol–water partition coefficient (Wildman–Crippen LogP) is 2.88. The maximum Gasteiger partial charge on any atom is 0.225 e. The highest BCUT2D eigenvalue weighted by Crippen LogP contribution is 2.27. The van der Waals surface area contributed by atoms with Crippen LogP contribution in [0.4, 0.5) is 5.95 Å². The second-order valence-corrected chi connectivity index (χ2v) is 4.90. The summed E-state index contributed by atoms with van der Waals surface area (Å²) in [7, 11) is 0. The van der Waals surface area contributed by atoms with Gasteiger partial charge in [-0.3, -0.25) is 0 Å². The molecule has 1 heterocycles. The van der Waals surface area contributed by atoms with Crippen molar-refractivity contribution < 1.29 is 0 Å². The quantitative estimate of drug-likeness (QED) is 0.799. The van der Waals surface area contributed by atoms with Crippen LogP contribution >= 0.6 is 27.5 Å². The number of anilines is 1. The van der Waals surface area contributed by atoms with Crippen LogP contribution in [0.3, 0.4) is 0 Å². The predicted molar refractivity (Wildman–Crippen MR) is 65.8 cm³/mol. The monoisotopic (exact) mass is 289 g/mol. The molecule has 0 N–H and O–H groups in total. The minimum atomic E-state index is 0.589. The van der Waals surface area contributed by atoms with E-state index in [-0.39, 0.29) is 0 Å². The van der Waals surface area contributed by atoms with Gasteiger partial charge in [0.05, 0.1) is 17.4 Å². The van der Waals surface area contributed by atoms with Crippen LogP contribution in [0.1, 0.15) is 19.3 Å². The lowest BCUT2D eigenvalue weighted by atomic mass is 9.92. The summed E-state index contributed by atoms with van der Waals surface area (Å²) in [6.07, 6.45) is 7.13. The van der Waals surface area contributed by atoms with E-state index in [0.29, 0.717) is 11.1 Å². The Balaban J connectivity index is 2.12. The first-order valence-corrected chi connectivity index (χ1v) is 6.61. The highest BCUT2D eigenvalue weighted by Gasteiger charge is 2.26. The van der Waals surface area contributed by atoms with Gasteiger partial charge in [0.25, 0.3) is 0 Å². The molecule has 1 aromatic heterocycles. The largest absolute Gasteiger partial charge is 0.337 e. The highest BCUT2D eigenvalue weighted by molar-refractivity contribution is 9.09. The van der Waals surface area contributed by atoms with E-state index in [2.05, 4.69) is 30.8 Å². The molecular weight excluding hydrogens is 277 g/mol. The number of alkyl halides is 1. The molecule has 0 unspecified atom stereocenters. The Morgan fingerprint density at radius 1 is 1.40 bits per heavy atom. The first-order valence-electron chi connectivity index (χ1n) is 5.11. The van der Waals surface area contributed by atoms with E-state index < -0.39 is 0 Å². The molecule has 15 heavy (non-hydrogen) atoms. The third-order valence-corrected chi connectivity index (χ3v) is 3.25. The van der Waals surface area contributed by atoms with E-state index in [4.69, 9.17) is 11.6 Å². The van der Waals surface area contributed by atoms with Crippen LogP contribution in [0.15, 0.2) is 12.4 Å². The van der Waals surface area contributed by atoms with Crippen molar-refractivity contribution in [1.82, 2.24) is 9.97 Å². The maximum atomic E-state index is 5.77. The normalized spacial score (nSPS) is 16.1. The Hall–Kier alpha value is -0.350. The number of nitrogens with zero attached hydrogens (tertiary/aromatic N) is 3. The van der Waals surface area contributed by atoms with Crippen molar-refractivity contribution in [2.24, 2.45) is 0 Å². The molecule has 1 fully saturated rings. The highest BCUT2D eigenvalue weighted by atomic mass is 79.9. The number of hydrogen-bond acceptors (Lipinski definition) is 3. The van der Waals surface area contributed by atoms with Crippen molar-refractivity contribution >= 4 is 33.5 Å². The summed E-state index contributed by atoms with van der Waals surface area (Å²) in [5.41, 5.74) is 0. The van der Waals surface area contributed by atoms with Gasteiger partial charge in [-0.2, -0.15) is 0 Å². The molecule has 0 bridgehead atoms. The van der Waals surface area contributed by atoms with Crippen molar-refractivity contribution in [3.63, 3.8) is 0 Å². The first-order chi connectivity index (χ1) is 7.31. The van der Waals surface area contributed by atoms with E-state index in [1.807, 2.05) is 0 Å². The lowest BCUT2D eigenvalue weighted by Crippen LogP contribution is -2.42. The van der Waals surface area contributed by atoms with Crippen molar-refractivity contribution in [2.75, 3.05) is 16.8 Å². The molecule has 0 amide bonds. The van der Waals surface area contributed by atoms with Gasteiger partial charge in [-0.05, 0) is 19.3 Å². The molecule has 5 heteroatoms. The van der Waals surface area contributed by atoms with E-state index in [0.717, 1.165) is 17.8 Å². The molecule has 0 aliphatic heterocycles. The van der Waals surface area contributed by atoms with E-state index in [1.54, 1.807) is 12.4 Å². The van der Waals surface area contributed by atoms with E-state index in [1.165, 1.54) is 19.3 Å². The summed E-state index contributed by atoms with van der Waals surface area (Å²) >= 11 is 9.23. The number of hydrogen-bond donors (Lipinski definition) is 0. The molecule has 0 radical (unpaired) electrons. The summed E-state index contributed by atoms with van der Waals surface area (Å²) < 4.78 is 0. The Morgan fingerprint density at radius 2 is 2.07 bits per heavy atom. The van der Waals surface area contributed by atoms with Crippen molar-refractivity contribution in [2.45, 2.75) is 25.3 Å². The van der Waals surface area contributed by atoms with Gasteiger partial charge in [-0.25, -0.2) is 9.97 Å². The van der Waals surface area contributed by atoms with Crippen LogP contribution in [0, 0.1) is 0 Å². The van der Waals surface area contributed by atoms with Gasteiger partial charge in [-0.1, -0.05) is 27.5 Å². The minimum Gasteiger partial charge on any atom is -0.337 e. The Kier molecular flexibility index (Phi) is 3.81. The summed E-state index contributed by atoms with van der Waals surface area (Å²) in [5.74, 6) is 0.795. The second kappa shape index (κ2) is 5.12. The summed E-state index contributed by atoms with van der Waals surface area (Å²) in [5, 5.41) is 1.53. The smallest absolute Gasteiger partial charge is 0.225 e. The molecule has 3 nitrogen and oxygen atoms in total. The van der Waals surface area contributed by atoms with E-state index in [9.17, 15) is 0 Å². The molecule has 1 aliphatic carbocycles. The van der Waals surface area contributed by atoms with Gasteiger partial charge in [0.1, 0.15) is 0 Å². The topological polar surface area (TPSA) is 29.0 Å². The summed E-state index contributed by atoms with van der Waals surface area (Å²) in [6.45, 7) is 0.951. The average Bonchev–Trinajstić information content (AvgIpc) is 2.16. The molecule has 1 saturated carbocycles. The van der Waals surface area contributed by atoms with Crippen molar-refractivity contribution in [3.8, 4) is 0 Å². The van der Waals surface area contributed by atoms with Crippen LogP contribution in [-0.4, -0.2) is 27.9 Å². The van der Waals surface area contributed by atoms with Gasteiger partial charge in [0.15, 0.2) is 0 Å². The molecule has 0 spiro atoms. The SMILES string of the molecule is Clc1cnc(N(CCBr)C2CCC2)nc1. The molecular formula is C10H13BrClN3. The van der Waals surface area contributed by atoms with Gasteiger partial charge < -0.3 is 4.90 Å². The Labute approximate surface area is 103 Å². The van der Waals surface area contributed by atoms with Crippen LogP contribution in [0.25, 0.3) is 0 Å². The number of halogens is 2. The maximum absolute atomic E-state index is 5.77. The van der Waals surface area contributed by atoms with Gasteiger partial charge >= 0.3 is 0 Å². The summed E-state index contributed by atoms with van der Waals surface area (Å²) in [6, 6.07) is 0.615. The number of aromatic nitrogens is 2. The lowest BCUT2D eigenvalue weighted by Gasteiger charge is -2.37. The fraction of sp³-hybridized carbons (Fsp3) is 0.600. The standard InChI is InChI=1S/C10H13BrClN3/c11-4-5-15(9-2-1-3-9)10-13-6-8(12)7-14-10/h6-7,9H,1-5H2. The minimum absolute atomic E-state index is 0.589.